The van der Waals surface area contributed by atoms with Gasteiger partial charge >= 0.3 is 5.97 Å². The van der Waals surface area contributed by atoms with Crippen LogP contribution in [-0.4, -0.2) is 13.1 Å². The number of hydrogen-bond donors (Lipinski definition) is 0. The Morgan fingerprint density at radius 3 is 2.29 bits per heavy atom. The van der Waals surface area contributed by atoms with Crippen LogP contribution >= 0.6 is 0 Å². The van der Waals surface area contributed by atoms with Crippen molar-refractivity contribution in [2.24, 2.45) is 0 Å². The summed E-state index contributed by atoms with van der Waals surface area (Å²) in [6, 6.07) is 0. The van der Waals surface area contributed by atoms with E-state index in [1.54, 1.807) is 0 Å². The SMILES string of the molecule is C=CC(=O)OC.[Ce]. The molecule has 0 aromatic carbocycles. The molecule has 0 unspecified atom stereocenters. The molecule has 0 radical (unpaired) electrons. The van der Waals surface area contributed by atoms with Crippen LogP contribution in [0.3, 0.4) is 0 Å². The molecule has 0 amide bonds. The molecule has 0 aromatic heterocycles. The zero-order valence-electron chi connectivity index (χ0n) is 4.10. The van der Waals surface area contributed by atoms with E-state index in [1.807, 2.05) is 0 Å². The van der Waals surface area contributed by atoms with Crippen molar-refractivity contribution in [2.75, 3.05) is 7.11 Å². The zero-order chi connectivity index (χ0) is 4.99. The van der Waals surface area contributed by atoms with Gasteiger partial charge in [-0.3, -0.25) is 0 Å². The Hall–Kier alpha value is 0.587. The molecular weight excluding hydrogens is 220 g/mol. The Labute approximate surface area is 76.3 Å². The maximum absolute atomic E-state index is 9.84. The molecule has 0 heterocycles. The molecule has 0 aliphatic heterocycles. The van der Waals surface area contributed by atoms with E-state index in [2.05, 4.69) is 11.3 Å². The van der Waals surface area contributed by atoms with Crippen LogP contribution in [0.1, 0.15) is 0 Å². The molecule has 0 N–H and O–H groups in total. The number of rotatable bonds is 1. The van der Waals surface area contributed by atoms with Gasteiger partial charge in [-0.2, -0.15) is 0 Å². The summed E-state index contributed by atoms with van der Waals surface area (Å²) in [4.78, 5) is 9.84. The predicted molar refractivity (Wildman–Crippen MR) is 22.2 cm³/mol. The van der Waals surface area contributed by atoms with Crippen LogP contribution in [0.2, 0.25) is 0 Å². The molecule has 0 fully saturated rings. The molecular formula is C4H6CeO2. The van der Waals surface area contributed by atoms with E-state index in [4.69, 9.17) is 0 Å². The minimum atomic E-state index is -0.394. The Kier molecular flexibility index (Phi) is 9.92. The van der Waals surface area contributed by atoms with Crippen LogP contribution in [0.15, 0.2) is 12.7 Å². The summed E-state index contributed by atoms with van der Waals surface area (Å²) in [5.74, 6) is -0.394. The molecule has 0 aromatic rings. The molecule has 0 atom stereocenters. The summed E-state index contributed by atoms with van der Waals surface area (Å²) in [7, 11) is 1.31. The second-order valence-corrected chi connectivity index (χ2v) is 0.727. The van der Waals surface area contributed by atoms with Gasteiger partial charge in [-0.15, -0.1) is 0 Å². The smallest absolute Gasteiger partial charge is 0.329 e. The fraction of sp³-hybridized carbons (Fsp3) is 0.250. The second kappa shape index (κ2) is 6.59. The van der Waals surface area contributed by atoms with Gasteiger partial charge in [0.1, 0.15) is 0 Å². The number of esters is 1. The first kappa shape index (κ1) is 10.5. The normalized spacial score (nSPS) is 5.86. The molecule has 0 aliphatic rings. The minimum absolute atomic E-state index is 0. The molecule has 38 valence electrons. The zero-order valence-corrected chi connectivity index (χ0v) is 7.24. The van der Waals surface area contributed by atoms with Crippen LogP contribution in [0.5, 0.6) is 0 Å². The summed E-state index contributed by atoms with van der Waals surface area (Å²) < 4.78 is 4.14. The Balaban J connectivity index is 0. The van der Waals surface area contributed by atoms with Crippen molar-refractivity contribution in [3.8, 4) is 0 Å². The molecule has 0 bridgehead atoms. The van der Waals surface area contributed by atoms with Crippen LogP contribution in [0.4, 0.5) is 0 Å². The van der Waals surface area contributed by atoms with Gasteiger partial charge in [0.05, 0.1) is 7.11 Å². The topological polar surface area (TPSA) is 26.3 Å². The summed E-state index contributed by atoms with van der Waals surface area (Å²) >= 11 is 0. The second-order valence-electron chi connectivity index (χ2n) is 0.727. The van der Waals surface area contributed by atoms with E-state index in [0.717, 1.165) is 6.08 Å². The monoisotopic (exact) mass is 226 g/mol. The first-order valence-electron chi connectivity index (χ1n) is 1.51. The molecule has 0 aliphatic carbocycles. The molecule has 7 heavy (non-hydrogen) atoms. The third-order valence-electron chi connectivity index (χ3n) is 0.368. The standard InChI is InChI=1S/C4H6O2.Ce/c1-3-4(5)6-2;/h3H,1H2,2H3;. The van der Waals surface area contributed by atoms with Gasteiger partial charge in [-0.25, -0.2) is 4.79 Å². The summed E-state index contributed by atoms with van der Waals surface area (Å²) in [5, 5.41) is 0. The maximum atomic E-state index is 9.84. The first-order valence-corrected chi connectivity index (χ1v) is 1.51. The van der Waals surface area contributed by atoms with Crippen molar-refractivity contribution in [3.63, 3.8) is 0 Å². The largest absolute Gasteiger partial charge is 0.466 e. The van der Waals surface area contributed by atoms with Gasteiger partial charge in [0.2, 0.25) is 0 Å². The van der Waals surface area contributed by atoms with Crippen molar-refractivity contribution in [2.45, 2.75) is 0 Å². The van der Waals surface area contributed by atoms with E-state index < -0.39 is 5.97 Å². The van der Waals surface area contributed by atoms with Crippen molar-refractivity contribution in [1.29, 1.82) is 0 Å². The quantitative estimate of drug-likeness (QED) is 0.476. The van der Waals surface area contributed by atoms with E-state index in [-0.39, 0.29) is 41.7 Å². The van der Waals surface area contributed by atoms with Gasteiger partial charge in [-0.1, -0.05) is 6.58 Å². The van der Waals surface area contributed by atoms with Crippen molar-refractivity contribution in [1.82, 2.24) is 0 Å². The Morgan fingerprint density at radius 1 is 1.86 bits per heavy atom. The minimum Gasteiger partial charge on any atom is -0.466 e. The fourth-order valence-corrected chi connectivity index (χ4v) is 0.0833. The fourth-order valence-electron chi connectivity index (χ4n) is 0.0833. The number of hydrogen-bond acceptors (Lipinski definition) is 2. The molecule has 0 rings (SSSR count). The van der Waals surface area contributed by atoms with Crippen LogP contribution in [0, 0.1) is 41.7 Å². The molecule has 2 nitrogen and oxygen atoms in total. The number of ether oxygens (including phenoxy) is 1. The van der Waals surface area contributed by atoms with Gasteiger partial charge < -0.3 is 4.74 Å². The maximum Gasteiger partial charge on any atom is 0.329 e. The number of carbonyl (C=O) groups is 1. The van der Waals surface area contributed by atoms with Crippen molar-refractivity contribution >= 4 is 5.97 Å². The molecule has 0 saturated carbocycles. The molecule has 0 spiro atoms. The van der Waals surface area contributed by atoms with E-state index in [9.17, 15) is 4.79 Å². The number of carbonyl (C=O) groups excluding carboxylic acids is 1. The summed E-state index contributed by atoms with van der Waals surface area (Å²) in [6.07, 6.45) is 1.11. The average molecular weight is 226 g/mol. The third kappa shape index (κ3) is 6.59. The van der Waals surface area contributed by atoms with E-state index >= 15 is 0 Å². The summed E-state index contributed by atoms with van der Waals surface area (Å²) in [5.41, 5.74) is 0. The van der Waals surface area contributed by atoms with E-state index in [1.165, 1.54) is 7.11 Å². The van der Waals surface area contributed by atoms with Gasteiger partial charge in [0.15, 0.2) is 0 Å². The Morgan fingerprint density at radius 2 is 2.29 bits per heavy atom. The predicted octanol–water partition coefficient (Wildman–Crippen LogP) is 0.345. The average Bonchev–Trinajstić information content (AvgIpc) is 1.65. The van der Waals surface area contributed by atoms with Crippen molar-refractivity contribution < 1.29 is 51.3 Å². The van der Waals surface area contributed by atoms with Gasteiger partial charge in [-0.05, 0) is 0 Å². The van der Waals surface area contributed by atoms with E-state index in [0.29, 0.717) is 0 Å². The first-order chi connectivity index (χ1) is 2.81. The van der Waals surface area contributed by atoms with Crippen molar-refractivity contribution in [3.05, 3.63) is 12.7 Å². The van der Waals surface area contributed by atoms with Gasteiger partial charge in [0.25, 0.3) is 0 Å². The van der Waals surface area contributed by atoms with Crippen LogP contribution in [0.25, 0.3) is 0 Å². The van der Waals surface area contributed by atoms with Gasteiger partial charge in [0, 0.05) is 47.8 Å². The third-order valence-corrected chi connectivity index (χ3v) is 0.368. The molecule has 0 saturated heterocycles. The summed E-state index contributed by atoms with van der Waals surface area (Å²) in [6.45, 7) is 3.16. The molecule has 3 heteroatoms. The Bertz CT molecular complexity index is 70.1. The van der Waals surface area contributed by atoms with Crippen LogP contribution < -0.4 is 0 Å². The van der Waals surface area contributed by atoms with Crippen LogP contribution in [-0.2, 0) is 9.53 Å². The number of methoxy groups -OCH3 is 1.